The minimum atomic E-state index is -0.0174. The summed E-state index contributed by atoms with van der Waals surface area (Å²) >= 11 is 0. The van der Waals surface area contributed by atoms with Crippen molar-refractivity contribution in [1.82, 2.24) is 14.9 Å². The third-order valence-electron chi connectivity index (χ3n) is 4.23. The lowest BCUT2D eigenvalue weighted by molar-refractivity contribution is 0.739. The van der Waals surface area contributed by atoms with E-state index < -0.39 is 0 Å². The van der Waals surface area contributed by atoms with E-state index in [4.69, 9.17) is 0 Å². The maximum atomic E-state index is 13.1. The van der Waals surface area contributed by atoms with Crippen molar-refractivity contribution in [1.29, 1.82) is 0 Å². The molecule has 4 nitrogen and oxygen atoms in total. The van der Waals surface area contributed by atoms with Crippen LogP contribution < -0.4 is 10.9 Å². The van der Waals surface area contributed by atoms with E-state index in [1.165, 1.54) is 5.57 Å². The second-order valence-electron chi connectivity index (χ2n) is 5.64. The molecule has 4 rings (SSSR count). The quantitative estimate of drug-likeness (QED) is 0.792. The molecule has 3 aromatic rings. The van der Waals surface area contributed by atoms with Gasteiger partial charge in [-0.1, -0.05) is 36.4 Å². The second-order valence-corrected chi connectivity index (χ2v) is 5.64. The van der Waals surface area contributed by atoms with Crippen molar-refractivity contribution >= 4 is 16.5 Å². The Morgan fingerprint density at radius 3 is 2.70 bits per heavy atom. The first-order valence-corrected chi connectivity index (χ1v) is 7.80. The van der Waals surface area contributed by atoms with Crippen molar-refractivity contribution in [3.8, 4) is 5.69 Å². The molecular formula is C19H17N3O. The largest absolute Gasteiger partial charge is 0.313 e. The minimum Gasteiger partial charge on any atom is -0.313 e. The Hall–Kier alpha value is -2.72. The number of benzene rings is 2. The molecular weight excluding hydrogens is 286 g/mol. The highest BCUT2D eigenvalue weighted by atomic mass is 16.1. The van der Waals surface area contributed by atoms with Gasteiger partial charge >= 0.3 is 0 Å². The Kier molecular flexibility index (Phi) is 3.52. The van der Waals surface area contributed by atoms with Gasteiger partial charge in [-0.15, -0.1) is 0 Å². The average Bonchev–Trinajstić information content (AvgIpc) is 2.63. The Labute approximate surface area is 134 Å². The van der Waals surface area contributed by atoms with Crippen LogP contribution in [0, 0.1) is 0 Å². The summed E-state index contributed by atoms with van der Waals surface area (Å²) in [5.74, 6) is 0. The molecule has 0 spiro atoms. The van der Waals surface area contributed by atoms with Crippen LogP contribution in [0.4, 0.5) is 0 Å². The Morgan fingerprint density at radius 1 is 1.04 bits per heavy atom. The molecule has 0 bridgehead atoms. The molecule has 2 aromatic carbocycles. The highest BCUT2D eigenvalue weighted by Crippen LogP contribution is 2.25. The summed E-state index contributed by atoms with van der Waals surface area (Å²) in [5.41, 5.74) is 3.79. The van der Waals surface area contributed by atoms with E-state index in [-0.39, 0.29) is 5.56 Å². The lowest BCUT2D eigenvalue weighted by Gasteiger charge is -2.16. The molecule has 0 atom stereocenters. The summed E-state index contributed by atoms with van der Waals surface area (Å²) in [7, 11) is 0. The number of aromatic nitrogens is 2. The van der Waals surface area contributed by atoms with Crippen molar-refractivity contribution < 1.29 is 0 Å². The van der Waals surface area contributed by atoms with Gasteiger partial charge in [0.1, 0.15) is 6.33 Å². The molecule has 0 unspecified atom stereocenters. The van der Waals surface area contributed by atoms with Crippen LogP contribution in [0.1, 0.15) is 12.0 Å². The first-order chi connectivity index (χ1) is 11.3. The van der Waals surface area contributed by atoms with Crippen LogP contribution in [0.5, 0.6) is 0 Å². The van der Waals surface area contributed by atoms with Gasteiger partial charge in [0, 0.05) is 6.54 Å². The zero-order valence-corrected chi connectivity index (χ0v) is 12.7. The highest BCUT2D eigenvalue weighted by molar-refractivity contribution is 5.91. The molecule has 0 fully saturated rings. The highest BCUT2D eigenvalue weighted by Gasteiger charge is 2.14. The van der Waals surface area contributed by atoms with Crippen molar-refractivity contribution in [2.75, 3.05) is 13.1 Å². The minimum absolute atomic E-state index is 0.0174. The maximum absolute atomic E-state index is 13.1. The maximum Gasteiger partial charge on any atom is 0.266 e. The number of rotatable bonds is 2. The lowest BCUT2D eigenvalue weighted by Crippen LogP contribution is -2.22. The fourth-order valence-corrected chi connectivity index (χ4v) is 3.07. The lowest BCUT2D eigenvalue weighted by atomic mass is 9.97. The molecule has 4 heteroatoms. The summed E-state index contributed by atoms with van der Waals surface area (Å²) in [6, 6.07) is 15.5. The average molecular weight is 303 g/mol. The van der Waals surface area contributed by atoms with E-state index in [0.29, 0.717) is 5.39 Å². The summed E-state index contributed by atoms with van der Waals surface area (Å²) < 4.78 is 1.62. The zero-order valence-electron chi connectivity index (χ0n) is 12.7. The molecule has 2 heterocycles. The van der Waals surface area contributed by atoms with Crippen LogP contribution in [-0.2, 0) is 0 Å². The number of fused-ring (bicyclic) bond motifs is 1. The van der Waals surface area contributed by atoms with E-state index in [0.717, 1.165) is 36.3 Å². The Morgan fingerprint density at radius 2 is 1.91 bits per heavy atom. The zero-order chi connectivity index (χ0) is 15.6. The SMILES string of the molecule is O=c1c2c(C3=CCNCC3)cccc2ncn1-c1ccccc1. The monoisotopic (exact) mass is 303 g/mol. The fraction of sp³-hybridized carbons (Fsp3) is 0.158. The predicted molar refractivity (Wildman–Crippen MR) is 92.8 cm³/mol. The molecule has 23 heavy (non-hydrogen) atoms. The molecule has 1 aliphatic heterocycles. The summed E-state index contributed by atoms with van der Waals surface area (Å²) in [5, 5.41) is 4.01. The Balaban J connectivity index is 1.99. The number of hydrogen-bond acceptors (Lipinski definition) is 3. The molecule has 1 aliphatic rings. The van der Waals surface area contributed by atoms with E-state index in [1.807, 2.05) is 48.5 Å². The Bertz CT molecular complexity index is 942. The molecule has 0 aliphatic carbocycles. The molecule has 114 valence electrons. The van der Waals surface area contributed by atoms with Gasteiger partial charge in [-0.2, -0.15) is 0 Å². The fourth-order valence-electron chi connectivity index (χ4n) is 3.07. The van der Waals surface area contributed by atoms with Crippen molar-refractivity contribution in [2.24, 2.45) is 0 Å². The van der Waals surface area contributed by atoms with Crippen molar-refractivity contribution in [3.05, 3.63) is 76.9 Å². The molecule has 0 amide bonds. The van der Waals surface area contributed by atoms with Crippen LogP contribution in [0.3, 0.4) is 0 Å². The second kappa shape index (κ2) is 5.82. The van der Waals surface area contributed by atoms with E-state index in [9.17, 15) is 4.79 Å². The van der Waals surface area contributed by atoms with Crippen LogP contribution in [0.25, 0.3) is 22.2 Å². The van der Waals surface area contributed by atoms with E-state index in [1.54, 1.807) is 10.9 Å². The van der Waals surface area contributed by atoms with Gasteiger partial charge in [-0.25, -0.2) is 4.98 Å². The topological polar surface area (TPSA) is 46.9 Å². The normalized spacial score (nSPS) is 14.7. The van der Waals surface area contributed by atoms with Crippen molar-refractivity contribution in [2.45, 2.75) is 6.42 Å². The van der Waals surface area contributed by atoms with Gasteiger partial charge in [0.05, 0.1) is 16.6 Å². The third-order valence-corrected chi connectivity index (χ3v) is 4.23. The van der Waals surface area contributed by atoms with Gasteiger partial charge in [-0.05, 0) is 42.3 Å². The third kappa shape index (κ3) is 2.47. The van der Waals surface area contributed by atoms with Gasteiger partial charge in [0.15, 0.2) is 0 Å². The predicted octanol–water partition coefficient (Wildman–Crippen LogP) is 2.76. The molecule has 0 saturated heterocycles. The molecule has 1 aromatic heterocycles. The van der Waals surface area contributed by atoms with Gasteiger partial charge in [0.25, 0.3) is 5.56 Å². The van der Waals surface area contributed by atoms with Crippen molar-refractivity contribution in [3.63, 3.8) is 0 Å². The van der Waals surface area contributed by atoms with Gasteiger partial charge in [0.2, 0.25) is 0 Å². The van der Waals surface area contributed by atoms with Crippen LogP contribution in [0.15, 0.2) is 65.7 Å². The van der Waals surface area contributed by atoms with E-state index in [2.05, 4.69) is 16.4 Å². The molecule has 0 saturated carbocycles. The van der Waals surface area contributed by atoms with Crippen LogP contribution in [-0.4, -0.2) is 22.6 Å². The summed E-state index contributed by atoms with van der Waals surface area (Å²) in [4.78, 5) is 17.6. The van der Waals surface area contributed by atoms with Crippen LogP contribution in [0.2, 0.25) is 0 Å². The summed E-state index contributed by atoms with van der Waals surface area (Å²) in [6.45, 7) is 1.79. The number of para-hydroxylation sites is 1. The van der Waals surface area contributed by atoms with Crippen LogP contribution >= 0.6 is 0 Å². The number of nitrogens with one attached hydrogen (secondary N) is 1. The van der Waals surface area contributed by atoms with Gasteiger partial charge < -0.3 is 5.32 Å². The number of nitrogens with zero attached hydrogens (tertiary/aromatic N) is 2. The molecule has 0 radical (unpaired) electrons. The first-order valence-electron chi connectivity index (χ1n) is 7.80. The number of hydrogen-bond donors (Lipinski definition) is 1. The molecule has 1 N–H and O–H groups in total. The summed E-state index contributed by atoms with van der Waals surface area (Å²) in [6.07, 6.45) is 4.71. The first kappa shape index (κ1) is 13.9. The van der Waals surface area contributed by atoms with E-state index >= 15 is 0 Å². The van der Waals surface area contributed by atoms with Gasteiger partial charge in [-0.3, -0.25) is 9.36 Å². The standard InChI is InChI=1S/C19H17N3O/c23-19-18-16(14-9-11-20-12-10-14)7-4-8-17(18)21-13-22(19)15-5-2-1-3-6-15/h1-9,13,20H,10-12H2. The smallest absolute Gasteiger partial charge is 0.266 e.